The molecule has 1 aromatic carbocycles. The van der Waals surface area contributed by atoms with Crippen LogP contribution in [-0.2, 0) is 10.0 Å². The van der Waals surface area contributed by atoms with E-state index >= 15 is 0 Å². The first kappa shape index (κ1) is 16.7. The maximum atomic E-state index is 11.3. The minimum Gasteiger partial charge on any atom is -0.368 e. The maximum Gasteiger partial charge on any atom is 0.238 e. The third-order valence-corrected chi connectivity index (χ3v) is 5.35. The summed E-state index contributed by atoms with van der Waals surface area (Å²) >= 11 is 0. The van der Waals surface area contributed by atoms with E-state index in [1.54, 1.807) is 30.6 Å². The molecule has 7 nitrogen and oxygen atoms in total. The van der Waals surface area contributed by atoms with Gasteiger partial charge in [0.15, 0.2) is 0 Å². The molecule has 2 heterocycles. The van der Waals surface area contributed by atoms with Gasteiger partial charge in [-0.25, -0.2) is 23.5 Å². The molecule has 0 bridgehead atoms. The monoisotopic (exact) mass is 347 g/mol. The Morgan fingerprint density at radius 3 is 2.12 bits per heavy atom. The standard InChI is InChI=1S/C16H21N5O2S/c1-12-13(2)18-11-19-16(12)21-9-7-20(8-10-21)14-3-5-15(6-4-14)24(17,22)23/h3-6,11H,7-10H2,1-2H3,(H2,17,22,23). The van der Waals surface area contributed by atoms with Gasteiger partial charge in [0.1, 0.15) is 12.1 Å². The number of aromatic nitrogens is 2. The maximum absolute atomic E-state index is 11.3. The molecule has 1 aliphatic heterocycles. The van der Waals surface area contributed by atoms with Crippen LogP contribution in [0.3, 0.4) is 0 Å². The van der Waals surface area contributed by atoms with E-state index in [4.69, 9.17) is 5.14 Å². The topological polar surface area (TPSA) is 92.4 Å². The van der Waals surface area contributed by atoms with Gasteiger partial charge in [0.25, 0.3) is 0 Å². The summed E-state index contributed by atoms with van der Waals surface area (Å²) in [6, 6.07) is 6.70. The molecule has 2 N–H and O–H groups in total. The lowest BCUT2D eigenvalue weighted by atomic mass is 10.2. The van der Waals surface area contributed by atoms with E-state index < -0.39 is 10.0 Å². The van der Waals surface area contributed by atoms with E-state index in [0.29, 0.717) is 0 Å². The van der Waals surface area contributed by atoms with Crippen LogP contribution in [0.15, 0.2) is 35.5 Å². The van der Waals surface area contributed by atoms with Crippen molar-refractivity contribution >= 4 is 21.5 Å². The molecular weight excluding hydrogens is 326 g/mol. The number of sulfonamides is 1. The number of aryl methyl sites for hydroxylation is 1. The second kappa shape index (κ2) is 6.37. The van der Waals surface area contributed by atoms with Crippen molar-refractivity contribution in [3.05, 3.63) is 41.9 Å². The van der Waals surface area contributed by atoms with Crippen LogP contribution in [0.1, 0.15) is 11.3 Å². The van der Waals surface area contributed by atoms with E-state index in [9.17, 15) is 8.42 Å². The minimum atomic E-state index is -3.64. The van der Waals surface area contributed by atoms with E-state index in [-0.39, 0.29) is 4.90 Å². The number of piperazine rings is 1. The Balaban J connectivity index is 1.70. The Labute approximate surface area is 142 Å². The highest BCUT2D eigenvalue weighted by molar-refractivity contribution is 7.89. The first-order chi connectivity index (χ1) is 11.4. The highest BCUT2D eigenvalue weighted by atomic mass is 32.2. The Hall–Kier alpha value is -2.19. The van der Waals surface area contributed by atoms with Crippen molar-refractivity contribution in [2.24, 2.45) is 5.14 Å². The number of primary sulfonamides is 1. The molecule has 0 radical (unpaired) electrons. The molecule has 3 rings (SSSR count). The van der Waals surface area contributed by atoms with Gasteiger partial charge in [-0.3, -0.25) is 0 Å². The van der Waals surface area contributed by atoms with Gasteiger partial charge in [-0.1, -0.05) is 0 Å². The smallest absolute Gasteiger partial charge is 0.238 e. The van der Waals surface area contributed by atoms with Crippen molar-refractivity contribution in [1.29, 1.82) is 0 Å². The molecule has 1 aliphatic rings. The molecule has 128 valence electrons. The summed E-state index contributed by atoms with van der Waals surface area (Å²) in [5, 5.41) is 5.13. The van der Waals surface area contributed by atoms with Gasteiger partial charge < -0.3 is 9.80 Å². The van der Waals surface area contributed by atoms with Crippen LogP contribution in [0.2, 0.25) is 0 Å². The van der Waals surface area contributed by atoms with Crippen LogP contribution >= 0.6 is 0 Å². The Kier molecular flexibility index (Phi) is 4.42. The number of anilines is 2. The fraction of sp³-hybridized carbons (Fsp3) is 0.375. The molecule has 0 spiro atoms. The summed E-state index contributed by atoms with van der Waals surface area (Å²) in [4.78, 5) is 13.3. The van der Waals surface area contributed by atoms with Crippen LogP contribution in [-0.4, -0.2) is 44.6 Å². The summed E-state index contributed by atoms with van der Waals surface area (Å²) in [7, 11) is -3.64. The largest absolute Gasteiger partial charge is 0.368 e. The second-order valence-corrected chi connectivity index (χ2v) is 7.48. The normalized spacial score (nSPS) is 15.6. The quantitative estimate of drug-likeness (QED) is 0.893. The van der Waals surface area contributed by atoms with Crippen molar-refractivity contribution in [3.8, 4) is 0 Å². The van der Waals surface area contributed by atoms with E-state index in [1.165, 1.54) is 0 Å². The molecule has 2 aromatic rings. The van der Waals surface area contributed by atoms with Crippen LogP contribution < -0.4 is 14.9 Å². The van der Waals surface area contributed by atoms with Crippen molar-refractivity contribution in [3.63, 3.8) is 0 Å². The molecule has 0 amide bonds. The van der Waals surface area contributed by atoms with Crippen LogP contribution in [0.4, 0.5) is 11.5 Å². The van der Waals surface area contributed by atoms with Gasteiger partial charge in [0.2, 0.25) is 10.0 Å². The van der Waals surface area contributed by atoms with Gasteiger partial charge in [0, 0.05) is 43.1 Å². The van der Waals surface area contributed by atoms with Crippen molar-refractivity contribution in [2.45, 2.75) is 18.7 Å². The van der Waals surface area contributed by atoms with Gasteiger partial charge in [-0.05, 0) is 38.1 Å². The third-order valence-electron chi connectivity index (χ3n) is 4.42. The predicted molar refractivity (Wildman–Crippen MR) is 93.7 cm³/mol. The molecule has 8 heteroatoms. The fourth-order valence-corrected chi connectivity index (χ4v) is 3.38. The van der Waals surface area contributed by atoms with Gasteiger partial charge in [-0.2, -0.15) is 0 Å². The number of rotatable bonds is 3. The van der Waals surface area contributed by atoms with Gasteiger partial charge in [0.05, 0.1) is 4.90 Å². The minimum absolute atomic E-state index is 0.136. The van der Waals surface area contributed by atoms with Gasteiger partial charge in [-0.15, -0.1) is 0 Å². The second-order valence-electron chi connectivity index (χ2n) is 5.92. The third kappa shape index (κ3) is 3.34. The van der Waals surface area contributed by atoms with Crippen molar-refractivity contribution < 1.29 is 8.42 Å². The SMILES string of the molecule is Cc1ncnc(N2CCN(c3ccc(S(N)(=O)=O)cc3)CC2)c1C. The van der Waals surface area contributed by atoms with Gasteiger partial charge >= 0.3 is 0 Å². The average Bonchev–Trinajstić information content (AvgIpc) is 2.57. The van der Waals surface area contributed by atoms with E-state index in [0.717, 1.165) is 48.9 Å². The molecule has 24 heavy (non-hydrogen) atoms. The lowest BCUT2D eigenvalue weighted by Crippen LogP contribution is -2.47. The molecule has 1 aromatic heterocycles. The highest BCUT2D eigenvalue weighted by Crippen LogP contribution is 2.23. The molecule has 0 unspecified atom stereocenters. The lowest BCUT2D eigenvalue weighted by molar-refractivity contribution is 0.597. The molecule has 0 atom stereocenters. The summed E-state index contributed by atoms with van der Waals surface area (Å²) in [5.74, 6) is 0.992. The Morgan fingerprint density at radius 2 is 1.54 bits per heavy atom. The number of nitrogens with two attached hydrogens (primary N) is 1. The summed E-state index contributed by atoms with van der Waals surface area (Å²) in [6.07, 6.45) is 1.61. The molecule has 0 aliphatic carbocycles. The zero-order valence-electron chi connectivity index (χ0n) is 13.8. The van der Waals surface area contributed by atoms with Crippen LogP contribution in [0, 0.1) is 13.8 Å². The van der Waals surface area contributed by atoms with E-state index in [2.05, 4.69) is 19.8 Å². The highest BCUT2D eigenvalue weighted by Gasteiger charge is 2.20. The lowest BCUT2D eigenvalue weighted by Gasteiger charge is -2.37. The first-order valence-electron chi connectivity index (χ1n) is 7.77. The van der Waals surface area contributed by atoms with E-state index in [1.807, 2.05) is 13.8 Å². The zero-order chi connectivity index (χ0) is 17.3. The van der Waals surface area contributed by atoms with Crippen LogP contribution in [0.5, 0.6) is 0 Å². The fourth-order valence-electron chi connectivity index (χ4n) is 2.87. The van der Waals surface area contributed by atoms with Crippen molar-refractivity contribution in [2.75, 3.05) is 36.0 Å². The number of nitrogens with zero attached hydrogens (tertiary/aromatic N) is 4. The summed E-state index contributed by atoms with van der Waals surface area (Å²) < 4.78 is 22.7. The Bertz CT molecular complexity index is 828. The zero-order valence-corrected chi connectivity index (χ0v) is 14.6. The number of benzene rings is 1. The number of hydrogen-bond acceptors (Lipinski definition) is 6. The summed E-state index contributed by atoms with van der Waals surface area (Å²) in [5.41, 5.74) is 3.11. The first-order valence-corrected chi connectivity index (χ1v) is 9.32. The molecule has 1 fully saturated rings. The summed E-state index contributed by atoms with van der Waals surface area (Å²) in [6.45, 7) is 7.43. The Morgan fingerprint density at radius 1 is 0.958 bits per heavy atom. The average molecular weight is 347 g/mol. The predicted octanol–water partition coefficient (Wildman–Crippen LogP) is 1.07. The number of hydrogen-bond donors (Lipinski definition) is 1. The molecular formula is C16H21N5O2S. The molecule has 1 saturated heterocycles. The van der Waals surface area contributed by atoms with Crippen molar-refractivity contribution in [1.82, 2.24) is 9.97 Å². The molecule has 0 saturated carbocycles. The van der Waals surface area contributed by atoms with Crippen LogP contribution in [0.25, 0.3) is 0 Å².